The van der Waals surface area contributed by atoms with E-state index in [0.717, 1.165) is 33.3 Å². The molecule has 3 aromatic carbocycles. The number of thioether (sulfide) groups is 2. The van der Waals surface area contributed by atoms with Gasteiger partial charge in [0.2, 0.25) is 16.2 Å². The highest BCUT2D eigenvalue weighted by molar-refractivity contribution is 8.00. The van der Waals surface area contributed by atoms with E-state index in [2.05, 4.69) is 25.3 Å². The van der Waals surface area contributed by atoms with Crippen LogP contribution in [-0.2, 0) is 9.59 Å². The molecule has 0 aliphatic heterocycles. The van der Waals surface area contributed by atoms with Crippen molar-refractivity contribution < 1.29 is 14.4 Å². The van der Waals surface area contributed by atoms with Crippen LogP contribution in [-0.4, -0.2) is 38.6 Å². The van der Waals surface area contributed by atoms with Gasteiger partial charge in [-0.05, 0) is 60.2 Å². The van der Waals surface area contributed by atoms with E-state index in [-0.39, 0.29) is 23.3 Å². The molecule has 0 saturated heterocycles. The van der Waals surface area contributed by atoms with Crippen molar-refractivity contribution in [1.82, 2.24) is 14.7 Å². The van der Waals surface area contributed by atoms with Crippen molar-refractivity contribution in [1.29, 1.82) is 0 Å². The quantitative estimate of drug-likeness (QED) is 0.143. The highest BCUT2D eigenvalue weighted by Crippen LogP contribution is 2.24. The molecular formula is C29H27N5O3S3. The number of carbonyl (C=O) groups excluding carboxylic acids is 3. The van der Waals surface area contributed by atoms with Crippen LogP contribution < -0.4 is 16.0 Å². The summed E-state index contributed by atoms with van der Waals surface area (Å²) in [6.07, 6.45) is 1.66. The Morgan fingerprint density at radius 3 is 2.48 bits per heavy atom. The molecule has 0 bridgehead atoms. The van der Waals surface area contributed by atoms with Crippen molar-refractivity contribution in [2.24, 2.45) is 0 Å². The highest BCUT2D eigenvalue weighted by atomic mass is 32.2. The summed E-state index contributed by atoms with van der Waals surface area (Å²) in [5, 5.41) is 9.50. The second-order valence-electron chi connectivity index (χ2n) is 8.37. The summed E-state index contributed by atoms with van der Waals surface area (Å²) >= 11 is 3.99. The lowest BCUT2D eigenvalue weighted by Crippen LogP contribution is -2.30. The van der Waals surface area contributed by atoms with Gasteiger partial charge in [0.25, 0.3) is 11.8 Å². The fourth-order valence-corrected chi connectivity index (χ4v) is 5.50. The molecule has 3 N–H and O–H groups in total. The molecule has 8 nitrogen and oxygen atoms in total. The lowest BCUT2D eigenvalue weighted by atomic mass is 10.1. The van der Waals surface area contributed by atoms with Crippen LogP contribution in [0.5, 0.6) is 0 Å². The van der Waals surface area contributed by atoms with Crippen molar-refractivity contribution in [2.45, 2.75) is 23.9 Å². The second kappa shape index (κ2) is 14.5. The molecule has 0 unspecified atom stereocenters. The first-order chi connectivity index (χ1) is 19.4. The molecule has 0 spiro atoms. The Morgan fingerprint density at radius 2 is 1.70 bits per heavy atom. The average Bonchev–Trinajstić information content (AvgIpc) is 3.40. The van der Waals surface area contributed by atoms with Gasteiger partial charge < -0.3 is 10.6 Å². The van der Waals surface area contributed by atoms with Crippen molar-refractivity contribution >= 4 is 69.7 Å². The number of nitrogens with zero attached hydrogens (tertiary/aromatic N) is 2. The number of aryl methyl sites for hydroxylation is 1. The second-order valence-corrected chi connectivity index (χ2v) is 11.4. The van der Waals surface area contributed by atoms with Gasteiger partial charge in [-0.25, -0.2) is 0 Å². The molecule has 0 aliphatic carbocycles. The molecule has 204 valence electrons. The van der Waals surface area contributed by atoms with Crippen LogP contribution in [0.2, 0.25) is 0 Å². The third-order valence-corrected chi connectivity index (χ3v) is 7.88. The zero-order chi connectivity index (χ0) is 28.3. The molecule has 0 aliphatic rings. The minimum absolute atomic E-state index is 0.109. The summed E-state index contributed by atoms with van der Waals surface area (Å²) in [5.41, 5.74) is 2.86. The maximum absolute atomic E-state index is 13.3. The van der Waals surface area contributed by atoms with E-state index in [1.54, 1.807) is 48.5 Å². The lowest BCUT2D eigenvalue weighted by Gasteiger charge is -2.13. The maximum Gasteiger partial charge on any atom is 0.272 e. The van der Waals surface area contributed by atoms with E-state index < -0.39 is 5.91 Å². The van der Waals surface area contributed by atoms with Crippen LogP contribution in [0.25, 0.3) is 6.08 Å². The number of rotatable bonds is 11. The Labute approximate surface area is 245 Å². The van der Waals surface area contributed by atoms with E-state index in [9.17, 15) is 14.4 Å². The van der Waals surface area contributed by atoms with Crippen molar-refractivity contribution in [2.75, 3.05) is 22.1 Å². The van der Waals surface area contributed by atoms with Crippen LogP contribution in [0.4, 0.5) is 10.8 Å². The molecule has 40 heavy (non-hydrogen) atoms. The predicted molar refractivity (Wildman–Crippen MR) is 164 cm³/mol. The fraction of sp³-hybridized carbons (Fsp3) is 0.138. The van der Waals surface area contributed by atoms with E-state index in [0.29, 0.717) is 21.5 Å². The van der Waals surface area contributed by atoms with Gasteiger partial charge in [-0.2, -0.15) is 9.36 Å². The SMILES string of the molecule is CCSc1nsc(NC(=O)CSc2cccc(NC(=O)/C(=C/c3ccccc3C)NC(=O)c3ccccc3)c2)n1. The topological polar surface area (TPSA) is 113 Å². The summed E-state index contributed by atoms with van der Waals surface area (Å²) in [5.74, 6) is -0.0317. The van der Waals surface area contributed by atoms with E-state index >= 15 is 0 Å². The number of hydrogen-bond donors (Lipinski definition) is 3. The van der Waals surface area contributed by atoms with E-state index in [1.165, 1.54) is 23.5 Å². The number of nitrogens with one attached hydrogen (secondary N) is 3. The highest BCUT2D eigenvalue weighted by Gasteiger charge is 2.16. The maximum atomic E-state index is 13.3. The molecular weight excluding hydrogens is 563 g/mol. The number of aromatic nitrogens is 2. The Bertz CT molecular complexity index is 1520. The molecule has 4 rings (SSSR count). The Hall–Kier alpha value is -3.93. The molecule has 3 amide bonds. The van der Waals surface area contributed by atoms with Crippen LogP contribution in [0.1, 0.15) is 28.4 Å². The van der Waals surface area contributed by atoms with Crippen LogP contribution in [0, 0.1) is 6.92 Å². The summed E-state index contributed by atoms with van der Waals surface area (Å²) < 4.78 is 4.20. The first-order valence-corrected chi connectivity index (χ1v) is 15.1. The number of hydrogen-bond acceptors (Lipinski definition) is 8. The summed E-state index contributed by atoms with van der Waals surface area (Å²) in [6, 6.07) is 23.5. The van der Waals surface area contributed by atoms with Gasteiger partial charge in [0.1, 0.15) is 5.70 Å². The minimum Gasteiger partial charge on any atom is -0.321 e. The normalized spacial score (nSPS) is 11.1. The molecule has 1 heterocycles. The number of benzene rings is 3. The van der Waals surface area contributed by atoms with Crippen LogP contribution in [0.15, 0.2) is 94.6 Å². The standard InChI is InChI=1S/C29H27N5O3S3/c1-3-38-29-33-28(40-34-29)32-25(35)18-39-23-15-9-14-22(17-23)30-27(37)24(16-21-13-8-7-10-19(21)2)31-26(36)20-11-5-4-6-12-20/h4-17H,3,18H2,1-2H3,(H,30,37)(H,31,36)(H,32,33,34,35)/b24-16-. The monoisotopic (exact) mass is 589 g/mol. The van der Waals surface area contributed by atoms with Crippen molar-refractivity contribution in [3.05, 3.63) is 101 Å². The number of anilines is 2. The zero-order valence-corrected chi connectivity index (χ0v) is 24.3. The van der Waals surface area contributed by atoms with E-state index in [1.807, 2.05) is 50.2 Å². The first kappa shape index (κ1) is 29.1. The zero-order valence-electron chi connectivity index (χ0n) is 21.8. The van der Waals surface area contributed by atoms with E-state index in [4.69, 9.17) is 0 Å². The van der Waals surface area contributed by atoms with Gasteiger partial charge in [-0.3, -0.25) is 19.7 Å². The van der Waals surface area contributed by atoms with Crippen LogP contribution in [0.3, 0.4) is 0 Å². The average molecular weight is 590 g/mol. The molecule has 0 radical (unpaired) electrons. The van der Waals surface area contributed by atoms with Gasteiger partial charge >= 0.3 is 0 Å². The molecule has 11 heteroatoms. The van der Waals surface area contributed by atoms with Crippen molar-refractivity contribution in [3.63, 3.8) is 0 Å². The first-order valence-electron chi connectivity index (χ1n) is 12.4. The fourth-order valence-electron chi connectivity index (χ4n) is 3.46. The van der Waals surface area contributed by atoms with Gasteiger partial charge in [0.15, 0.2) is 0 Å². The third-order valence-electron chi connectivity index (χ3n) is 5.41. The lowest BCUT2D eigenvalue weighted by molar-refractivity contribution is -0.114. The van der Waals surface area contributed by atoms with Gasteiger partial charge in [0, 0.05) is 27.7 Å². The Balaban J connectivity index is 1.43. The number of amides is 3. The molecule has 4 aromatic rings. The predicted octanol–water partition coefficient (Wildman–Crippen LogP) is 6.10. The largest absolute Gasteiger partial charge is 0.321 e. The molecule has 1 aromatic heterocycles. The molecule has 0 fully saturated rings. The Kier molecular flexibility index (Phi) is 10.5. The Morgan fingerprint density at radius 1 is 0.925 bits per heavy atom. The summed E-state index contributed by atoms with van der Waals surface area (Å²) in [4.78, 5) is 43.7. The smallest absolute Gasteiger partial charge is 0.272 e. The third kappa shape index (κ3) is 8.54. The number of carbonyl (C=O) groups is 3. The molecule has 0 atom stereocenters. The summed E-state index contributed by atoms with van der Waals surface area (Å²) in [7, 11) is 0. The van der Waals surface area contributed by atoms with Crippen LogP contribution >= 0.6 is 35.1 Å². The van der Waals surface area contributed by atoms with Gasteiger partial charge in [-0.1, -0.05) is 67.2 Å². The summed E-state index contributed by atoms with van der Waals surface area (Å²) in [6.45, 7) is 3.95. The minimum atomic E-state index is -0.468. The van der Waals surface area contributed by atoms with Gasteiger partial charge in [-0.15, -0.1) is 11.8 Å². The molecule has 0 saturated carbocycles. The van der Waals surface area contributed by atoms with Gasteiger partial charge in [0.05, 0.1) is 5.75 Å². The van der Waals surface area contributed by atoms with Crippen molar-refractivity contribution in [3.8, 4) is 0 Å².